The Balaban J connectivity index is 1.74. The summed E-state index contributed by atoms with van der Waals surface area (Å²) in [4.78, 5) is 16.3. The number of halogens is 6. The molecule has 0 bridgehead atoms. The van der Waals surface area contributed by atoms with E-state index >= 15 is 0 Å². The lowest BCUT2D eigenvalue weighted by Crippen LogP contribution is -2.48. The highest BCUT2D eigenvalue weighted by Gasteiger charge is 2.57. The lowest BCUT2D eigenvalue weighted by molar-refractivity contribution is -0.253. The van der Waals surface area contributed by atoms with E-state index in [1.54, 1.807) is 0 Å². The largest absolute Gasteiger partial charge is 0.471 e. The van der Waals surface area contributed by atoms with E-state index in [4.69, 9.17) is 0 Å². The van der Waals surface area contributed by atoms with Gasteiger partial charge in [0.2, 0.25) is 5.82 Å². The number of benzene rings is 1. The molecule has 1 aliphatic rings. The highest BCUT2D eigenvalue weighted by Crippen LogP contribution is 2.38. The third kappa shape index (κ3) is 3.61. The van der Waals surface area contributed by atoms with Gasteiger partial charge in [0.1, 0.15) is 0 Å². The molecule has 0 unspecified atom stereocenters. The van der Waals surface area contributed by atoms with Crippen molar-refractivity contribution in [2.24, 2.45) is 0 Å². The van der Waals surface area contributed by atoms with Gasteiger partial charge in [-0.1, -0.05) is 17.3 Å². The van der Waals surface area contributed by atoms with Crippen molar-refractivity contribution in [1.82, 2.24) is 15.0 Å². The lowest BCUT2D eigenvalue weighted by Gasteiger charge is -2.25. The number of aromatic nitrogens is 2. The van der Waals surface area contributed by atoms with Crippen LogP contribution in [0.5, 0.6) is 0 Å². The Morgan fingerprint density at radius 1 is 1.15 bits per heavy atom. The Labute approximate surface area is 147 Å². The monoisotopic (exact) mass is 395 g/mol. The minimum atomic E-state index is -4.86. The van der Waals surface area contributed by atoms with Crippen LogP contribution in [0.15, 0.2) is 28.8 Å². The van der Waals surface area contributed by atoms with Crippen LogP contribution in [0.4, 0.5) is 26.3 Å². The van der Waals surface area contributed by atoms with Gasteiger partial charge < -0.3 is 14.5 Å². The lowest BCUT2D eigenvalue weighted by atomic mass is 10.0. The topological polar surface area (TPSA) is 79.5 Å². The number of amides is 1. The van der Waals surface area contributed by atoms with Gasteiger partial charge in [-0.3, -0.25) is 4.79 Å². The minimum Gasteiger partial charge on any atom is -0.379 e. The summed E-state index contributed by atoms with van der Waals surface area (Å²) in [5.41, 5.74) is -2.83. The molecule has 2 heterocycles. The second-order valence-corrected chi connectivity index (χ2v) is 6.00. The zero-order valence-electron chi connectivity index (χ0n) is 13.3. The van der Waals surface area contributed by atoms with Crippen molar-refractivity contribution in [2.75, 3.05) is 13.1 Å². The van der Waals surface area contributed by atoms with E-state index in [1.807, 2.05) is 0 Å². The number of aliphatic hydroxyl groups is 1. The standard InChI is InChI=1S/C15H11F6N3O3/c16-14(17,18)12-22-10(23-27-12)8-1-3-9(4-2-8)11(25)24-6-5-13(26,7-24)15(19,20)21/h1-4,26H,5-7H2/t13-/m0/s1. The van der Waals surface area contributed by atoms with Crippen LogP contribution in [0.3, 0.4) is 0 Å². The summed E-state index contributed by atoms with van der Waals surface area (Å²) in [5.74, 6) is -2.62. The number of carbonyl (C=O) groups excluding carboxylic acids is 1. The van der Waals surface area contributed by atoms with Gasteiger partial charge in [0.05, 0.1) is 6.54 Å². The minimum absolute atomic E-state index is 0.00437. The van der Waals surface area contributed by atoms with Crippen molar-refractivity contribution in [3.8, 4) is 11.4 Å². The zero-order chi connectivity index (χ0) is 20.0. The van der Waals surface area contributed by atoms with Crippen LogP contribution >= 0.6 is 0 Å². The Morgan fingerprint density at radius 3 is 2.26 bits per heavy atom. The highest BCUT2D eigenvalue weighted by molar-refractivity contribution is 5.94. The fraction of sp³-hybridized carbons (Fsp3) is 0.400. The third-order valence-electron chi connectivity index (χ3n) is 4.12. The van der Waals surface area contributed by atoms with E-state index in [2.05, 4.69) is 14.7 Å². The third-order valence-corrected chi connectivity index (χ3v) is 4.12. The predicted molar refractivity (Wildman–Crippen MR) is 76.3 cm³/mol. The van der Waals surface area contributed by atoms with Crippen molar-refractivity contribution in [2.45, 2.75) is 24.4 Å². The van der Waals surface area contributed by atoms with E-state index in [0.717, 1.165) is 4.90 Å². The molecule has 1 N–H and O–H groups in total. The maximum Gasteiger partial charge on any atom is 0.471 e. The molecule has 146 valence electrons. The summed E-state index contributed by atoms with van der Waals surface area (Å²) >= 11 is 0. The molecule has 0 spiro atoms. The van der Waals surface area contributed by atoms with E-state index in [-0.39, 0.29) is 23.5 Å². The van der Waals surface area contributed by atoms with Crippen molar-refractivity contribution in [3.05, 3.63) is 35.7 Å². The fourth-order valence-electron chi connectivity index (χ4n) is 2.60. The van der Waals surface area contributed by atoms with Crippen LogP contribution in [0, 0.1) is 0 Å². The van der Waals surface area contributed by atoms with Gasteiger partial charge in [0.15, 0.2) is 5.60 Å². The number of hydrogen-bond donors (Lipinski definition) is 1. The van der Waals surface area contributed by atoms with Crippen LogP contribution in [-0.4, -0.2) is 50.9 Å². The van der Waals surface area contributed by atoms with Crippen LogP contribution < -0.4 is 0 Å². The molecule has 0 radical (unpaired) electrons. The van der Waals surface area contributed by atoms with Crippen molar-refractivity contribution in [1.29, 1.82) is 0 Å². The second-order valence-electron chi connectivity index (χ2n) is 6.00. The number of rotatable bonds is 2. The zero-order valence-corrected chi connectivity index (χ0v) is 13.3. The number of nitrogens with zero attached hydrogens (tertiary/aromatic N) is 3. The smallest absolute Gasteiger partial charge is 0.379 e. The van der Waals surface area contributed by atoms with E-state index in [0.29, 0.717) is 0 Å². The summed E-state index contributed by atoms with van der Waals surface area (Å²) in [5, 5.41) is 12.8. The van der Waals surface area contributed by atoms with Crippen molar-refractivity contribution in [3.63, 3.8) is 0 Å². The van der Waals surface area contributed by atoms with Gasteiger partial charge in [-0.15, -0.1) is 0 Å². The molecule has 1 aromatic heterocycles. The molecule has 3 rings (SSSR count). The molecule has 2 aromatic rings. The van der Waals surface area contributed by atoms with E-state index in [9.17, 15) is 36.2 Å². The number of β-amino-alcohol motifs (C(OH)–C–C–N with tert-alkyl or cyclic N) is 1. The molecule has 6 nitrogen and oxygen atoms in total. The van der Waals surface area contributed by atoms with E-state index < -0.39 is 42.7 Å². The molecule has 1 aromatic carbocycles. The van der Waals surface area contributed by atoms with Gasteiger partial charge >= 0.3 is 18.2 Å². The number of likely N-dealkylation sites (tertiary alicyclic amines) is 1. The van der Waals surface area contributed by atoms with Crippen LogP contribution in [0.25, 0.3) is 11.4 Å². The average molecular weight is 395 g/mol. The van der Waals surface area contributed by atoms with E-state index in [1.165, 1.54) is 24.3 Å². The van der Waals surface area contributed by atoms with Gasteiger partial charge in [-0.05, 0) is 12.1 Å². The summed E-state index contributed by atoms with van der Waals surface area (Å²) < 4.78 is 79.9. The predicted octanol–water partition coefficient (Wildman–Crippen LogP) is 2.89. The first-order valence-electron chi connectivity index (χ1n) is 7.50. The molecular weight excluding hydrogens is 384 g/mol. The molecule has 1 fully saturated rings. The first-order chi connectivity index (χ1) is 12.4. The summed E-state index contributed by atoms with van der Waals surface area (Å²) in [6.45, 7) is -1.17. The van der Waals surface area contributed by atoms with Gasteiger partial charge in [0, 0.05) is 24.1 Å². The number of alkyl halides is 6. The Kier molecular flexibility index (Phi) is 4.41. The molecular formula is C15H11F6N3O3. The Bertz CT molecular complexity index is 846. The molecule has 27 heavy (non-hydrogen) atoms. The van der Waals surface area contributed by atoms with Gasteiger partial charge in [-0.2, -0.15) is 31.3 Å². The molecule has 1 atom stereocenters. The number of carbonyl (C=O) groups is 1. The molecule has 1 amide bonds. The first kappa shape index (κ1) is 19.1. The Morgan fingerprint density at radius 2 is 1.78 bits per heavy atom. The van der Waals surface area contributed by atoms with Gasteiger partial charge in [0.25, 0.3) is 5.91 Å². The quantitative estimate of drug-likeness (QED) is 0.792. The normalized spacial score (nSPS) is 20.9. The summed E-state index contributed by atoms with van der Waals surface area (Å²) in [7, 11) is 0. The molecule has 1 saturated heterocycles. The second kappa shape index (κ2) is 6.22. The van der Waals surface area contributed by atoms with Gasteiger partial charge in [-0.25, -0.2) is 0 Å². The maximum atomic E-state index is 12.8. The van der Waals surface area contributed by atoms with Crippen molar-refractivity contribution < 1.29 is 40.8 Å². The number of hydrogen-bond acceptors (Lipinski definition) is 5. The molecule has 12 heteroatoms. The summed E-state index contributed by atoms with van der Waals surface area (Å²) in [6, 6.07) is 4.91. The molecule has 1 aliphatic heterocycles. The molecule has 0 aliphatic carbocycles. The maximum absolute atomic E-state index is 12.8. The summed E-state index contributed by atoms with van der Waals surface area (Å²) in [6.07, 6.45) is -10.3. The average Bonchev–Trinajstić information content (AvgIpc) is 3.21. The first-order valence-corrected chi connectivity index (χ1v) is 7.50. The molecule has 0 saturated carbocycles. The van der Waals surface area contributed by atoms with Crippen molar-refractivity contribution >= 4 is 5.91 Å². The van der Waals surface area contributed by atoms with Crippen LogP contribution in [0.1, 0.15) is 22.7 Å². The van der Waals surface area contributed by atoms with Crippen LogP contribution in [-0.2, 0) is 6.18 Å². The van der Waals surface area contributed by atoms with Crippen LogP contribution in [0.2, 0.25) is 0 Å². The Hall–Kier alpha value is -2.63. The highest BCUT2D eigenvalue weighted by atomic mass is 19.4. The SMILES string of the molecule is O=C(c1ccc(-c2noc(C(F)(F)F)n2)cc1)N1CC[C@@](O)(C(F)(F)F)C1. The fourth-order valence-corrected chi connectivity index (χ4v) is 2.60.